The van der Waals surface area contributed by atoms with Gasteiger partial charge >= 0.3 is 0 Å². The summed E-state index contributed by atoms with van der Waals surface area (Å²) < 4.78 is 11.0. The van der Waals surface area contributed by atoms with Crippen LogP contribution in [0.15, 0.2) is 65.7 Å². The van der Waals surface area contributed by atoms with Crippen molar-refractivity contribution in [3.63, 3.8) is 0 Å². The Kier molecular flexibility index (Phi) is 5.42. The van der Waals surface area contributed by atoms with E-state index in [2.05, 4.69) is 11.1 Å². The second kappa shape index (κ2) is 8.33. The molecule has 0 saturated carbocycles. The lowest BCUT2D eigenvalue weighted by Gasteiger charge is -2.21. The Morgan fingerprint density at radius 3 is 2.32 bits per heavy atom. The van der Waals surface area contributed by atoms with E-state index >= 15 is 0 Å². The number of methoxy groups -OCH3 is 2. The highest BCUT2D eigenvalue weighted by atomic mass is 16.5. The summed E-state index contributed by atoms with van der Waals surface area (Å²) >= 11 is 0. The lowest BCUT2D eigenvalue weighted by atomic mass is 9.91. The summed E-state index contributed by atoms with van der Waals surface area (Å²) in [5.41, 5.74) is 5.25. The minimum atomic E-state index is -0.138. The topological polar surface area (TPSA) is 74.9 Å². The molecule has 154 valence electrons. The zero-order chi connectivity index (χ0) is 22.0. The van der Waals surface area contributed by atoms with Crippen LogP contribution in [0.3, 0.4) is 0 Å². The fourth-order valence-corrected chi connectivity index (χ4v) is 3.72. The van der Waals surface area contributed by atoms with Crippen LogP contribution in [-0.4, -0.2) is 39.4 Å². The van der Waals surface area contributed by atoms with Gasteiger partial charge in [-0.05, 0) is 29.3 Å². The smallest absolute Gasteiger partial charge is 0.248 e. The van der Waals surface area contributed by atoms with Crippen LogP contribution >= 0.6 is 0 Å². The average Bonchev–Trinajstić information content (AvgIpc) is 2.94. The molecular weight excluding hydrogens is 390 g/mol. The number of likely N-dealkylation sites (N-methyl/N-ethyl adjacent to an activating group) is 1. The predicted octanol–water partition coefficient (Wildman–Crippen LogP) is 4.06. The van der Waals surface area contributed by atoms with E-state index in [4.69, 9.17) is 9.47 Å². The van der Waals surface area contributed by atoms with E-state index in [1.807, 2.05) is 48.5 Å². The molecule has 0 bridgehead atoms. The predicted molar refractivity (Wildman–Crippen MR) is 120 cm³/mol. The van der Waals surface area contributed by atoms with E-state index in [0.29, 0.717) is 28.5 Å². The molecule has 1 aliphatic rings. The number of carbonyl (C=O) groups is 1. The van der Waals surface area contributed by atoms with Gasteiger partial charge in [-0.2, -0.15) is 5.26 Å². The summed E-state index contributed by atoms with van der Waals surface area (Å²) in [6.07, 6.45) is 0. The van der Waals surface area contributed by atoms with Crippen LogP contribution in [0.5, 0.6) is 11.5 Å². The first-order chi connectivity index (χ1) is 15.1. The number of benzodiazepines with no additional fused rings is 1. The quantitative estimate of drug-likeness (QED) is 0.649. The van der Waals surface area contributed by atoms with E-state index in [9.17, 15) is 10.1 Å². The molecule has 0 N–H and O–H groups in total. The second-order valence-electron chi connectivity index (χ2n) is 7.08. The molecule has 0 aliphatic carbocycles. The molecule has 1 heterocycles. The van der Waals surface area contributed by atoms with E-state index < -0.39 is 0 Å². The number of anilines is 1. The van der Waals surface area contributed by atoms with Gasteiger partial charge in [0.05, 0.1) is 37.3 Å². The van der Waals surface area contributed by atoms with Gasteiger partial charge in [0.1, 0.15) is 6.54 Å². The Bertz CT molecular complexity index is 1230. The molecule has 1 amide bonds. The molecule has 0 spiro atoms. The summed E-state index contributed by atoms with van der Waals surface area (Å²) in [5, 5.41) is 9.52. The van der Waals surface area contributed by atoms with Crippen molar-refractivity contribution in [2.45, 2.75) is 0 Å². The van der Waals surface area contributed by atoms with Crippen LogP contribution in [0, 0.1) is 11.3 Å². The van der Waals surface area contributed by atoms with Crippen LogP contribution in [0.25, 0.3) is 11.1 Å². The van der Waals surface area contributed by atoms with Gasteiger partial charge in [0.2, 0.25) is 5.91 Å². The molecule has 1 aliphatic heterocycles. The van der Waals surface area contributed by atoms with Crippen molar-refractivity contribution in [2.75, 3.05) is 32.7 Å². The number of nitrogens with zero attached hydrogens (tertiary/aromatic N) is 3. The van der Waals surface area contributed by atoms with Gasteiger partial charge < -0.3 is 14.4 Å². The van der Waals surface area contributed by atoms with Crippen LogP contribution in [0.1, 0.15) is 16.7 Å². The van der Waals surface area contributed by atoms with Gasteiger partial charge in [0.25, 0.3) is 0 Å². The largest absolute Gasteiger partial charge is 0.493 e. The number of nitriles is 1. The van der Waals surface area contributed by atoms with Gasteiger partial charge in [0.15, 0.2) is 11.5 Å². The highest BCUT2D eigenvalue weighted by Gasteiger charge is 2.26. The van der Waals surface area contributed by atoms with Crippen LogP contribution < -0.4 is 14.4 Å². The minimum Gasteiger partial charge on any atom is -0.493 e. The maximum atomic E-state index is 12.7. The van der Waals surface area contributed by atoms with Crippen molar-refractivity contribution in [3.8, 4) is 28.7 Å². The molecule has 4 rings (SSSR count). The molecule has 0 unspecified atom stereocenters. The summed E-state index contributed by atoms with van der Waals surface area (Å²) in [7, 11) is 4.84. The Morgan fingerprint density at radius 1 is 0.935 bits per heavy atom. The van der Waals surface area contributed by atoms with Gasteiger partial charge in [-0.3, -0.25) is 9.79 Å². The molecule has 0 saturated heterocycles. The van der Waals surface area contributed by atoms with Gasteiger partial charge in [-0.15, -0.1) is 0 Å². The maximum absolute atomic E-state index is 12.7. The zero-order valence-electron chi connectivity index (χ0n) is 17.5. The zero-order valence-corrected chi connectivity index (χ0v) is 17.5. The molecule has 0 atom stereocenters. The Morgan fingerprint density at radius 2 is 1.65 bits per heavy atom. The summed E-state index contributed by atoms with van der Waals surface area (Å²) in [6, 6.07) is 21.2. The fourth-order valence-electron chi connectivity index (χ4n) is 3.72. The first-order valence-corrected chi connectivity index (χ1v) is 9.74. The highest BCUT2D eigenvalue weighted by Crippen LogP contribution is 2.38. The molecule has 0 fully saturated rings. The third-order valence-electron chi connectivity index (χ3n) is 5.35. The SMILES string of the molecule is COc1cc2c(cc1OC)N(C)C(=O)CN=C2c1cc(C#N)ccc1-c1ccccc1. The van der Waals surface area contributed by atoms with Gasteiger partial charge in [-0.1, -0.05) is 36.4 Å². The number of fused-ring (bicyclic) bond motifs is 1. The van der Waals surface area contributed by atoms with Crippen molar-refractivity contribution in [1.29, 1.82) is 5.26 Å². The van der Waals surface area contributed by atoms with Crippen LogP contribution in [0.2, 0.25) is 0 Å². The number of aliphatic imine (C=N–C) groups is 1. The number of rotatable bonds is 4. The van der Waals surface area contributed by atoms with Crippen LogP contribution in [0.4, 0.5) is 5.69 Å². The highest BCUT2D eigenvalue weighted by molar-refractivity contribution is 6.22. The van der Waals surface area contributed by atoms with Crippen molar-refractivity contribution in [2.24, 2.45) is 4.99 Å². The Labute approximate surface area is 181 Å². The Balaban J connectivity index is 2.02. The molecule has 0 radical (unpaired) electrons. The lowest BCUT2D eigenvalue weighted by molar-refractivity contribution is -0.116. The molecule has 6 heteroatoms. The van der Waals surface area contributed by atoms with E-state index in [1.54, 1.807) is 38.3 Å². The number of ether oxygens (including phenoxy) is 2. The van der Waals surface area contributed by atoms with Crippen LogP contribution in [-0.2, 0) is 4.79 Å². The van der Waals surface area contributed by atoms with E-state index in [-0.39, 0.29) is 12.5 Å². The number of hydrogen-bond acceptors (Lipinski definition) is 5. The lowest BCUT2D eigenvalue weighted by Crippen LogP contribution is -2.27. The minimum absolute atomic E-state index is 0.00381. The number of carbonyl (C=O) groups excluding carboxylic acids is 1. The standard InChI is InChI=1S/C25H21N3O3/c1-28-21-13-23(31-3)22(30-2)12-20(21)25(27-15-24(28)29)19-11-16(14-26)9-10-18(19)17-7-5-4-6-8-17/h4-13H,15H2,1-3H3. The average molecular weight is 411 g/mol. The van der Waals surface area contributed by atoms with Gasteiger partial charge in [0, 0.05) is 24.2 Å². The first-order valence-electron chi connectivity index (χ1n) is 9.74. The fraction of sp³-hybridized carbons (Fsp3) is 0.160. The van der Waals surface area contributed by atoms with Crippen molar-refractivity contribution >= 4 is 17.3 Å². The molecule has 3 aromatic carbocycles. The van der Waals surface area contributed by atoms with E-state index in [0.717, 1.165) is 22.3 Å². The number of amides is 1. The van der Waals surface area contributed by atoms with E-state index in [1.165, 1.54) is 0 Å². The molecule has 3 aromatic rings. The summed E-state index contributed by atoms with van der Waals surface area (Å²) in [5.74, 6) is 0.923. The van der Waals surface area contributed by atoms with Crippen molar-refractivity contribution in [3.05, 3.63) is 77.4 Å². The summed E-state index contributed by atoms with van der Waals surface area (Å²) in [6.45, 7) is -0.00381. The second-order valence-corrected chi connectivity index (χ2v) is 7.08. The molecule has 0 aromatic heterocycles. The van der Waals surface area contributed by atoms with Crippen molar-refractivity contribution in [1.82, 2.24) is 0 Å². The van der Waals surface area contributed by atoms with Gasteiger partial charge in [-0.25, -0.2) is 0 Å². The maximum Gasteiger partial charge on any atom is 0.248 e. The third kappa shape index (κ3) is 3.62. The normalized spacial score (nSPS) is 13.0. The number of hydrogen-bond donors (Lipinski definition) is 0. The Hall–Kier alpha value is -4.11. The number of benzene rings is 3. The molecular formula is C25H21N3O3. The van der Waals surface area contributed by atoms with Crippen molar-refractivity contribution < 1.29 is 14.3 Å². The molecule has 6 nitrogen and oxygen atoms in total. The third-order valence-corrected chi connectivity index (χ3v) is 5.35. The molecule has 31 heavy (non-hydrogen) atoms. The monoisotopic (exact) mass is 411 g/mol. The summed E-state index contributed by atoms with van der Waals surface area (Å²) in [4.78, 5) is 18.9. The first kappa shape index (κ1) is 20.2.